The maximum absolute atomic E-state index is 11.3. The minimum absolute atomic E-state index is 0.0329. The van der Waals surface area contributed by atoms with E-state index in [1.54, 1.807) is 27.6 Å². The van der Waals surface area contributed by atoms with E-state index in [0.29, 0.717) is 17.1 Å². The van der Waals surface area contributed by atoms with Gasteiger partial charge in [-0.3, -0.25) is 4.57 Å². The topological polar surface area (TPSA) is 85.8 Å². The smallest absolute Gasteiger partial charge is 0.356 e. The molecule has 1 aromatic carbocycles. The number of halogens is 1. The lowest BCUT2D eigenvalue weighted by molar-refractivity contribution is 0.0690. The summed E-state index contributed by atoms with van der Waals surface area (Å²) >= 11 is 6.07. The van der Waals surface area contributed by atoms with E-state index in [1.165, 1.54) is 6.33 Å². The van der Waals surface area contributed by atoms with Gasteiger partial charge in [-0.1, -0.05) is 16.8 Å². The first-order valence-corrected chi connectivity index (χ1v) is 6.52. The molecule has 0 bridgehead atoms. The quantitative estimate of drug-likeness (QED) is 0.578. The van der Waals surface area contributed by atoms with Crippen LogP contribution in [0.25, 0.3) is 11.4 Å². The molecule has 1 aliphatic rings. The van der Waals surface area contributed by atoms with E-state index in [1.807, 2.05) is 6.07 Å². The van der Waals surface area contributed by atoms with Gasteiger partial charge < -0.3 is 5.11 Å². The predicted octanol–water partition coefficient (Wildman–Crippen LogP) is 1.71. The molecule has 8 heteroatoms. The van der Waals surface area contributed by atoms with Crippen LogP contribution >= 0.6 is 11.6 Å². The second kappa shape index (κ2) is 4.16. The van der Waals surface area contributed by atoms with Gasteiger partial charge in [-0.2, -0.15) is 0 Å². The highest BCUT2D eigenvalue weighted by atomic mass is 35.5. The third kappa shape index (κ3) is 1.67. The third-order valence-electron chi connectivity index (χ3n) is 3.46. The van der Waals surface area contributed by atoms with Crippen molar-refractivity contribution in [1.82, 2.24) is 24.5 Å². The van der Waals surface area contributed by atoms with Crippen molar-refractivity contribution in [1.29, 1.82) is 0 Å². The summed E-state index contributed by atoms with van der Waals surface area (Å²) in [5, 5.41) is 17.8. The largest absolute Gasteiger partial charge is 0.476 e. The Labute approximate surface area is 123 Å². The Morgan fingerprint density at radius 2 is 2.19 bits per heavy atom. The SMILES string of the molecule is O=C(O)c1ncn2c1Cc1cnnn1-c1cc(Cl)ccc1-2. The Morgan fingerprint density at radius 1 is 1.33 bits per heavy atom. The molecular weight excluding hydrogens is 294 g/mol. The van der Waals surface area contributed by atoms with Gasteiger partial charge in [-0.05, 0) is 18.2 Å². The average Bonchev–Trinajstić information content (AvgIpc) is 3.04. The monoisotopic (exact) mass is 301 g/mol. The number of benzene rings is 1. The van der Waals surface area contributed by atoms with Crippen LogP contribution in [0, 0.1) is 0 Å². The second-order valence-electron chi connectivity index (χ2n) is 4.66. The molecule has 0 atom stereocenters. The molecule has 1 N–H and O–H groups in total. The van der Waals surface area contributed by atoms with Crippen LogP contribution in [-0.4, -0.2) is 35.6 Å². The van der Waals surface area contributed by atoms with Crippen LogP contribution in [-0.2, 0) is 6.42 Å². The molecule has 4 rings (SSSR count). The number of carbonyl (C=O) groups is 1. The third-order valence-corrected chi connectivity index (χ3v) is 3.70. The van der Waals surface area contributed by atoms with Gasteiger partial charge in [0.15, 0.2) is 5.69 Å². The Bertz CT molecular complexity index is 883. The van der Waals surface area contributed by atoms with Crippen LogP contribution in [0.2, 0.25) is 5.02 Å². The molecule has 104 valence electrons. The van der Waals surface area contributed by atoms with Crippen molar-refractivity contribution in [3.63, 3.8) is 0 Å². The van der Waals surface area contributed by atoms with E-state index < -0.39 is 5.97 Å². The molecule has 0 aliphatic carbocycles. The molecular formula is C13H8ClN5O2. The number of aromatic carboxylic acids is 1. The minimum Gasteiger partial charge on any atom is -0.476 e. The van der Waals surface area contributed by atoms with Gasteiger partial charge in [-0.15, -0.1) is 5.10 Å². The molecule has 0 radical (unpaired) electrons. The average molecular weight is 302 g/mol. The van der Waals surface area contributed by atoms with Gasteiger partial charge in [0, 0.05) is 11.4 Å². The van der Waals surface area contributed by atoms with Gasteiger partial charge in [0.25, 0.3) is 0 Å². The number of hydrogen-bond donors (Lipinski definition) is 1. The van der Waals surface area contributed by atoms with Crippen LogP contribution in [0.3, 0.4) is 0 Å². The second-order valence-corrected chi connectivity index (χ2v) is 5.10. The zero-order chi connectivity index (χ0) is 14.6. The van der Waals surface area contributed by atoms with E-state index in [9.17, 15) is 9.90 Å². The van der Waals surface area contributed by atoms with E-state index in [2.05, 4.69) is 15.3 Å². The number of aromatic nitrogens is 5. The van der Waals surface area contributed by atoms with Crippen molar-refractivity contribution in [3.05, 3.63) is 52.8 Å². The van der Waals surface area contributed by atoms with Crippen molar-refractivity contribution in [2.45, 2.75) is 6.42 Å². The van der Waals surface area contributed by atoms with Crippen LogP contribution in [0.1, 0.15) is 21.9 Å². The van der Waals surface area contributed by atoms with Crippen molar-refractivity contribution >= 4 is 17.6 Å². The summed E-state index contributed by atoms with van der Waals surface area (Å²) < 4.78 is 3.42. The summed E-state index contributed by atoms with van der Waals surface area (Å²) in [7, 11) is 0. The first kappa shape index (κ1) is 12.1. The molecule has 0 unspecified atom stereocenters. The molecule has 0 saturated heterocycles. The van der Waals surface area contributed by atoms with E-state index >= 15 is 0 Å². The van der Waals surface area contributed by atoms with Crippen LogP contribution in [0.4, 0.5) is 0 Å². The normalized spacial score (nSPS) is 12.2. The minimum atomic E-state index is -1.06. The highest BCUT2D eigenvalue weighted by Crippen LogP contribution is 2.30. The molecule has 21 heavy (non-hydrogen) atoms. The molecule has 0 spiro atoms. The maximum Gasteiger partial charge on any atom is 0.356 e. The Hall–Kier alpha value is -2.67. The zero-order valence-electron chi connectivity index (χ0n) is 10.6. The Kier molecular flexibility index (Phi) is 2.40. The zero-order valence-corrected chi connectivity index (χ0v) is 11.3. The number of carboxylic acids is 1. The van der Waals surface area contributed by atoms with Crippen LogP contribution in [0.15, 0.2) is 30.7 Å². The fourth-order valence-corrected chi connectivity index (χ4v) is 2.72. The first-order chi connectivity index (χ1) is 10.1. The van der Waals surface area contributed by atoms with Crippen molar-refractivity contribution in [2.75, 3.05) is 0 Å². The first-order valence-electron chi connectivity index (χ1n) is 6.14. The van der Waals surface area contributed by atoms with Crippen molar-refractivity contribution in [2.24, 2.45) is 0 Å². The number of hydrogen-bond acceptors (Lipinski definition) is 4. The van der Waals surface area contributed by atoms with Crippen LogP contribution < -0.4 is 0 Å². The lowest BCUT2D eigenvalue weighted by Gasteiger charge is -2.09. The molecule has 7 nitrogen and oxygen atoms in total. The van der Waals surface area contributed by atoms with Crippen molar-refractivity contribution < 1.29 is 9.90 Å². The fourth-order valence-electron chi connectivity index (χ4n) is 2.55. The van der Waals surface area contributed by atoms with Gasteiger partial charge >= 0.3 is 5.97 Å². The summed E-state index contributed by atoms with van der Waals surface area (Å²) in [5.41, 5.74) is 2.90. The summed E-state index contributed by atoms with van der Waals surface area (Å²) in [6.45, 7) is 0. The highest BCUT2D eigenvalue weighted by Gasteiger charge is 2.25. The highest BCUT2D eigenvalue weighted by molar-refractivity contribution is 6.30. The lowest BCUT2D eigenvalue weighted by Crippen LogP contribution is -2.05. The number of carboxylic acid groups (broad SMARTS) is 1. The van der Waals surface area contributed by atoms with Crippen molar-refractivity contribution in [3.8, 4) is 11.4 Å². The molecule has 2 aromatic heterocycles. The summed E-state index contributed by atoms with van der Waals surface area (Å²) in [6.07, 6.45) is 3.49. The molecule has 0 fully saturated rings. The standard InChI is InChI=1S/C13H8ClN5O2/c14-7-1-2-9-10(3-7)19-8(5-16-17-19)4-11-12(13(20)21)15-6-18(9)11/h1-3,5-6H,4H2,(H,20,21). The van der Waals surface area contributed by atoms with Gasteiger partial charge in [0.1, 0.15) is 6.33 Å². The van der Waals surface area contributed by atoms with Gasteiger partial charge in [0.05, 0.1) is 29.0 Å². The fraction of sp³-hybridized carbons (Fsp3) is 0.0769. The summed E-state index contributed by atoms with van der Waals surface area (Å²) in [6, 6.07) is 5.32. The lowest BCUT2D eigenvalue weighted by atomic mass is 10.2. The number of imidazole rings is 1. The molecule has 3 aromatic rings. The summed E-state index contributed by atoms with van der Waals surface area (Å²) in [4.78, 5) is 15.3. The maximum atomic E-state index is 11.3. The van der Waals surface area contributed by atoms with E-state index in [0.717, 1.165) is 17.1 Å². The Morgan fingerprint density at radius 3 is 3.00 bits per heavy atom. The predicted molar refractivity (Wildman–Crippen MR) is 73.3 cm³/mol. The Balaban J connectivity index is 2.09. The van der Waals surface area contributed by atoms with E-state index in [4.69, 9.17) is 11.6 Å². The molecule has 0 saturated carbocycles. The van der Waals surface area contributed by atoms with Crippen LogP contribution in [0.5, 0.6) is 0 Å². The van der Waals surface area contributed by atoms with E-state index in [-0.39, 0.29) is 5.69 Å². The van der Waals surface area contributed by atoms with Gasteiger partial charge in [-0.25, -0.2) is 14.5 Å². The summed E-state index contributed by atoms with van der Waals surface area (Å²) in [5.74, 6) is -1.06. The molecule has 0 amide bonds. The molecule has 3 heterocycles. The number of nitrogens with zero attached hydrogens (tertiary/aromatic N) is 5. The molecule has 1 aliphatic heterocycles. The number of rotatable bonds is 1. The van der Waals surface area contributed by atoms with Gasteiger partial charge in [0.2, 0.25) is 0 Å². The number of fused-ring (bicyclic) bond motifs is 5.